The number of aryl methyl sites for hydroxylation is 1. The maximum absolute atomic E-state index is 10.6. The van der Waals surface area contributed by atoms with E-state index in [9.17, 15) is 4.79 Å². The molecule has 0 saturated heterocycles. The SMILES string of the molecule is Cn1ccc(-n2nncc2CC(=O)O)n1. The third-order valence-electron chi connectivity index (χ3n) is 1.87. The Morgan fingerprint density at radius 2 is 2.40 bits per heavy atom. The second kappa shape index (κ2) is 3.52. The third-order valence-corrected chi connectivity index (χ3v) is 1.87. The molecule has 15 heavy (non-hydrogen) atoms. The Bertz CT molecular complexity index is 487. The Kier molecular flexibility index (Phi) is 2.20. The third kappa shape index (κ3) is 1.85. The summed E-state index contributed by atoms with van der Waals surface area (Å²) in [7, 11) is 1.78. The smallest absolute Gasteiger partial charge is 0.309 e. The minimum Gasteiger partial charge on any atom is -0.481 e. The van der Waals surface area contributed by atoms with Gasteiger partial charge in [-0.1, -0.05) is 5.21 Å². The molecule has 0 aromatic carbocycles. The Hall–Kier alpha value is -2.18. The van der Waals surface area contributed by atoms with E-state index < -0.39 is 5.97 Å². The summed E-state index contributed by atoms with van der Waals surface area (Å²) in [5.41, 5.74) is 0.501. The van der Waals surface area contributed by atoms with E-state index in [4.69, 9.17) is 5.11 Å². The maximum atomic E-state index is 10.6. The summed E-state index contributed by atoms with van der Waals surface area (Å²) in [6.07, 6.45) is 3.05. The summed E-state index contributed by atoms with van der Waals surface area (Å²) in [6.45, 7) is 0. The number of carboxylic acid groups (broad SMARTS) is 1. The highest BCUT2D eigenvalue weighted by Crippen LogP contribution is 2.06. The van der Waals surface area contributed by atoms with Crippen LogP contribution in [-0.2, 0) is 18.3 Å². The van der Waals surface area contributed by atoms with Crippen molar-refractivity contribution in [1.29, 1.82) is 0 Å². The van der Waals surface area contributed by atoms with Crippen LogP contribution in [0.1, 0.15) is 5.69 Å². The van der Waals surface area contributed by atoms with E-state index in [1.807, 2.05) is 0 Å². The molecule has 7 heteroatoms. The molecule has 0 atom stereocenters. The highest BCUT2D eigenvalue weighted by atomic mass is 16.4. The van der Waals surface area contributed by atoms with Gasteiger partial charge in [0.15, 0.2) is 5.82 Å². The minimum atomic E-state index is -0.922. The van der Waals surface area contributed by atoms with Crippen LogP contribution in [0.15, 0.2) is 18.5 Å². The molecule has 78 valence electrons. The molecule has 1 N–H and O–H groups in total. The van der Waals surface area contributed by atoms with Crippen molar-refractivity contribution < 1.29 is 9.90 Å². The summed E-state index contributed by atoms with van der Waals surface area (Å²) in [5.74, 6) is -0.360. The molecule has 2 heterocycles. The van der Waals surface area contributed by atoms with E-state index in [2.05, 4.69) is 15.4 Å². The van der Waals surface area contributed by atoms with Crippen LogP contribution in [0, 0.1) is 0 Å². The van der Waals surface area contributed by atoms with Crippen molar-refractivity contribution in [2.45, 2.75) is 6.42 Å². The van der Waals surface area contributed by atoms with Gasteiger partial charge in [-0.2, -0.15) is 9.78 Å². The summed E-state index contributed by atoms with van der Waals surface area (Å²) in [4.78, 5) is 10.6. The predicted octanol–water partition coefficient (Wildman–Crippen LogP) is -0.372. The van der Waals surface area contributed by atoms with E-state index >= 15 is 0 Å². The molecule has 0 aliphatic heterocycles. The monoisotopic (exact) mass is 207 g/mol. The first kappa shape index (κ1) is 9.38. The van der Waals surface area contributed by atoms with E-state index in [0.717, 1.165) is 0 Å². The molecule has 0 spiro atoms. The van der Waals surface area contributed by atoms with Gasteiger partial charge in [-0.05, 0) is 0 Å². The predicted molar refractivity (Wildman–Crippen MR) is 49.5 cm³/mol. The van der Waals surface area contributed by atoms with Crippen molar-refractivity contribution in [3.8, 4) is 5.82 Å². The average molecular weight is 207 g/mol. The quantitative estimate of drug-likeness (QED) is 0.742. The number of rotatable bonds is 3. The van der Waals surface area contributed by atoms with Crippen LogP contribution in [0.5, 0.6) is 0 Å². The number of hydrogen-bond donors (Lipinski definition) is 1. The number of carbonyl (C=O) groups is 1. The van der Waals surface area contributed by atoms with Gasteiger partial charge in [0, 0.05) is 19.3 Å². The summed E-state index contributed by atoms with van der Waals surface area (Å²) >= 11 is 0. The Labute approximate surface area is 84.9 Å². The largest absolute Gasteiger partial charge is 0.481 e. The molecule has 0 unspecified atom stereocenters. The van der Waals surface area contributed by atoms with Crippen molar-refractivity contribution in [1.82, 2.24) is 24.8 Å². The van der Waals surface area contributed by atoms with Crippen LogP contribution in [-0.4, -0.2) is 35.9 Å². The lowest BCUT2D eigenvalue weighted by Gasteiger charge is -1.99. The Balaban J connectivity index is 2.36. The topological polar surface area (TPSA) is 85.8 Å². The van der Waals surface area contributed by atoms with Crippen LogP contribution in [0.4, 0.5) is 0 Å². The number of nitrogens with zero attached hydrogens (tertiary/aromatic N) is 5. The minimum absolute atomic E-state index is 0.121. The van der Waals surface area contributed by atoms with Gasteiger partial charge in [0.25, 0.3) is 0 Å². The van der Waals surface area contributed by atoms with Gasteiger partial charge in [-0.3, -0.25) is 9.48 Å². The van der Waals surface area contributed by atoms with Crippen molar-refractivity contribution in [3.63, 3.8) is 0 Å². The zero-order valence-corrected chi connectivity index (χ0v) is 8.03. The zero-order valence-electron chi connectivity index (χ0n) is 8.03. The Morgan fingerprint density at radius 3 is 3.00 bits per heavy atom. The van der Waals surface area contributed by atoms with Gasteiger partial charge in [-0.25, -0.2) is 0 Å². The highest BCUT2D eigenvalue weighted by molar-refractivity contribution is 5.69. The molecule has 0 fully saturated rings. The van der Waals surface area contributed by atoms with Gasteiger partial charge in [0.2, 0.25) is 0 Å². The first-order valence-electron chi connectivity index (χ1n) is 4.28. The van der Waals surface area contributed by atoms with E-state index in [-0.39, 0.29) is 6.42 Å². The lowest BCUT2D eigenvalue weighted by atomic mass is 10.3. The van der Waals surface area contributed by atoms with E-state index in [1.165, 1.54) is 10.9 Å². The molecule has 2 rings (SSSR count). The summed E-state index contributed by atoms with van der Waals surface area (Å²) in [5, 5.41) is 20.2. The molecule has 0 saturated carbocycles. The first-order valence-corrected chi connectivity index (χ1v) is 4.28. The maximum Gasteiger partial charge on any atom is 0.309 e. The molecular formula is C8H9N5O2. The van der Waals surface area contributed by atoms with Crippen LogP contribution in [0.2, 0.25) is 0 Å². The van der Waals surface area contributed by atoms with Crippen molar-refractivity contribution in [2.75, 3.05) is 0 Å². The molecule has 0 amide bonds. The van der Waals surface area contributed by atoms with Gasteiger partial charge >= 0.3 is 5.97 Å². The first-order chi connectivity index (χ1) is 7.16. The molecule has 2 aromatic heterocycles. The second-order valence-electron chi connectivity index (χ2n) is 3.06. The fraction of sp³-hybridized carbons (Fsp3) is 0.250. The normalized spacial score (nSPS) is 10.5. The number of aromatic nitrogens is 5. The fourth-order valence-electron chi connectivity index (χ4n) is 1.24. The van der Waals surface area contributed by atoms with Gasteiger partial charge in [0.05, 0.1) is 18.3 Å². The van der Waals surface area contributed by atoms with Gasteiger partial charge < -0.3 is 5.11 Å². The lowest BCUT2D eigenvalue weighted by Crippen LogP contribution is -2.08. The van der Waals surface area contributed by atoms with E-state index in [1.54, 1.807) is 24.0 Å². The standard InChI is InChI=1S/C8H9N5O2/c1-12-3-2-7(10-12)13-6(4-8(14)15)5-9-11-13/h2-3,5H,4H2,1H3,(H,14,15). The van der Waals surface area contributed by atoms with Crippen molar-refractivity contribution in [2.24, 2.45) is 7.05 Å². The van der Waals surface area contributed by atoms with Crippen LogP contribution >= 0.6 is 0 Å². The molecule has 7 nitrogen and oxygen atoms in total. The number of carboxylic acids is 1. The summed E-state index contributed by atoms with van der Waals surface area (Å²) < 4.78 is 3.02. The summed E-state index contributed by atoms with van der Waals surface area (Å²) in [6, 6.07) is 1.74. The molecular weight excluding hydrogens is 198 g/mol. The molecule has 0 radical (unpaired) electrons. The van der Waals surface area contributed by atoms with Crippen LogP contribution in [0.3, 0.4) is 0 Å². The molecule has 0 bridgehead atoms. The van der Waals surface area contributed by atoms with Crippen LogP contribution in [0.25, 0.3) is 5.82 Å². The number of aliphatic carboxylic acids is 1. The number of hydrogen-bond acceptors (Lipinski definition) is 4. The average Bonchev–Trinajstić information content (AvgIpc) is 2.72. The fourth-order valence-corrected chi connectivity index (χ4v) is 1.24. The molecule has 0 aliphatic rings. The van der Waals surface area contributed by atoms with Crippen molar-refractivity contribution in [3.05, 3.63) is 24.2 Å². The van der Waals surface area contributed by atoms with Gasteiger partial charge in [0.1, 0.15) is 0 Å². The van der Waals surface area contributed by atoms with Crippen molar-refractivity contribution >= 4 is 5.97 Å². The molecule has 2 aromatic rings. The lowest BCUT2D eigenvalue weighted by molar-refractivity contribution is -0.136. The Morgan fingerprint density at radius 1 is 1.60 bits per heavy atom. The highest BCUT2D eigenvalue weighted by Gasteiger charge is 2.11. The van der Waals surface area contributed by atoms with Gasteiger partial charge in [-0.15, -0.1) is 5.10 Å². The van der Waals surface area contributed by atoms with E-state index in [0.29, 0.717) is 11.5 Å². The second-order valence-corrected chi connectivity index (χ2v) is 3.06. The molecule has 0 aliphatic carbocycles. The van der Waals surface area contributed by atoms with Crippen LogP contribution < -0.4 is 0 Å². The zero-order chi connectivity index (χ0) is 10.8.